The van der Waals surface area contributed by atoms with Crippen LogP contribution >= 0.6 is 0 Å². The Hall–Kier alpha value is -1.93. The third-order valence-corrected chi connectivity index (χ3v) is 4.55. The van der Waals surface area contributed by atoms with Gasteiger partial charge in [0.15, 0.2) is 9.84 Å². The Balaban J connectivity index is 2.96. The number of ether oxygens (including phenoxy) is 1. The maximum atomic E-state index is 12.2. The zero-order chi connectivity index (χ0) is 16.0. The molecule has 0 atom stereocenters. The smallest absolute Gasteiger partial charge is 0.335 e. The van der Waals surface area contributed by atoms with Gasteiger partial charge in [-0.1, -0.05) is 6.07 Å². The van der Waals surface area contributed by atoms with Gasteiger partial charge in [0.1, 0.15) is 5.75 Å². The first-order valence-electron chi connectivity index (χ1n) is 6.11. The molecule has 0 bridgehead atoms. The number of amides is 1. The van der Waals surface area contributed by atoms with Crippen LogP contribution in [0.3, 0.4) is 0 Å². The van der Waals surface area contributed by atoms with E-state index in [9.17, 15) is 18.0 Å². The summed E-state index contributed by atoms with van der Waals surface area (Å²) in [7, 11) is -2.44. The van der Waals surface area contributed by atoms with E-state index in [1.54, 1.807) is 0 Å². The van der Waals surface area contributed by atoms with Gasteiger partial charge in [-0.25, -0.2) is 13.2 Å². The number of carboxylic acids is 1. The van der Waals surface area contributed by atoms with Crippen molar-refractivity contribution < 1.29 is 27.9 Å². The van der Waals surface area contributed by atoms with Crippen molar-refractivity contribution in [2.45, 2.75) is 11.8 Å². The van der Waals surface area contributed by atoms with Crippen LogP contribution in [-0.2, 0) is 19.4 Å². The van der Waals surface area contributed by atoms with Gasteiger partial charge in [0.2, 0.25) is 5.91 Å². The lowest BCUT2D eigenvalue weighted by atomic mass is 10.1. The molecule has 0 spiro atoms. The number of rotatable bonds is 7. The highest BCUT2D eigenvalue weighted by molar-refractivity contribution is 7.92. The third-order valence-electron chi connectivity index (χ3n) is 2.80. The first kappa shape index (κ1) is 17.1. The lowest BCUT2D eigenvalue weighted by Gasteiger charge is -2.10. The molecule has 21 heavy (non-hydrogen) atoms. The Bertz CT molecular complexity index is 638. The lowest BCUT2D eigenvalue weighted by Crippen LogP contribution is -2.32. The molecule has 0 fully saturated rings. The van der Waals surface area contributed by atoms with E-state index in [1.807, 2.05) is 0 Å². The van der Waals surface area contributed by atoms with Crippen molar-refractivity contribution in [2.24, 2.45) is 0 Å². The van der Waals surface area contributed by atoms with Gasteiger partial charge < -0.3 is 15.2 Å². The van der Waals surface area contributed by atoms with Gasteiger partial charge in [-0.15, -0.1) is 0 Å². The molecular formula is C13H17NO6S. The van der Waals surface area contributed by atoms with Crippen molar-refractivity contribution in [3.8, 4) is 0 Å². The van der Waals surface area contributed by atoms with Crippen LogP contribution in [-0.4, -0.2) is 51.4 Å². The van der Waals surface area contributed by atoms with E-state index in [0.29, 0.717) is 0 Å². The highest BCUT2D eigenvalue weighted by Gasteiger charge is 2.23. The molecule has 0 heterocycles. The van der Waals surface area contributed by atoms with Gasteiger partial charge >= 0.3 is 5.97 Å². The van der Waals surface area contributed by atoms with Crippen LogP contribution in [0.25, 0.3) is 0 Å². The average molecular weight is 315 g/mol. The Kier molecular flexibility index (Phi) is 5.86. The van der Waals surface area contributed by atoms with E-state index in [0.717, 1.165) is 0 Å². The summed E-state index contributed by atoms with van der Waals surface area (Å²) < 4.78 is 29.1. The van der Waals surface area contributed by atoms with Crippen molar-refractivity contribution >= 4 is 21.7 Å². The summed E-state index contributed by atoms with van der Waals surface area (Å²) in [5, 5.41) is 11.4. The number of carbonyl (C=O) groups excluding carboxylic acids is 1. The summed E-state index contributed by atoms with van der Waals surface area (Å²) in [4.78, 5) is 22.4. The lowest BCUT2D eigenvalue weighted by molar-refractivity contribution is -0.118. The number of benzene rings is 1. The van der Waals surface area contributed by atoms with Gasteiger partial charge in [-0.3, -0.25) is 4.79 Å². The number of methoxy groups -OCH3 is 1. The van der Waals surface area contributed by atoms with Gasteiger partial charge in [-0.2, -0.15) is 0 Å². The van der Waals surface area contributed by atoms with E-state index in [-0.39, 0.29) is 29.2 Å². The van der Waals surface area contributed by atoms with Crippen molar-refractivity contribution in [3.63, 3.8) is 0 Å². The van der Waals surface area contributed by atoms with E-state index in [1.165, 1.54) is 32.2 Å². The van der Waals surface area contributed by atoms with Crippen LogP contribution in [0.15, 0.2) is 23.1 Å². The second-order valence-corrected chi connectivity index (χ2v) is 6.29. The number of hydrogen-bond donors (Lipinski definition) is 2. The molecule has 8 heteroatoms. The summed E-state index contributed by atoms with van der Waals surface area (Å²) >= 11 is 0. The standard InChI is InChI=1S/C13H17NO6S/c1-9-10(13(16)17)4-3-5-11(9)21(18,19)8-12(15)14-6-7-20-2/h3-5H,6-8H2,1-2H3,(H,14,15)(H,16,17). The number of carbonyl (C=O) groups is 2. The molecular weight excluding hydrogens is 298 g/mol. The number of nitrogens with one attached hydrogen (secondary N) is 1. The van der Waals surface area contributed by atoms with E-state index in [2.05, 4.69) is 5.32 Å². The molecule has 7 nitrogen and oxygen atoms in total. The summed E-state index contributed by atoms with van der Waals surface area (Å²) in [5.74, 6) is -2.61. The molecule has 0 aromatic heterocycles. The molecule has 1 aromatic rings. The Morgan fingerprint density at radius 1 is 1.33 bits per heavy atom. The minimum absolute atomic E-state index is 0.101. The maximum Gasteiger partial charge on any atom is 0.335 e. The van der Waals surface area contributed by atoms with Crippen molar-refractivity contribution in [2.75, 3.05) is 26.0 Å². The molecule has 0 saturated heterocycles. The number of sulfone groups is 1. The van der Waals surface area contributed by atoms with E-state index < -0.39 is 27.5 Å². The van der Waals surface area contributed by atoms with Crippen molar-refractivity contribution in [3.05, 3.63) is 29.3 Å². The second-order valence-electron chi connectivity index (χ2n) is 4.34. The second kappa shape index (κ2) is 7.19. The van der Waals surface area contributed by atoms with Crippen LogP contribution in [0.1, 0.15) is 15.9 Å². The van der Waals surface area contributed by atoms with Gasteiger partial charge in [0.25, 0.3) is 0 Å². The molecule has 1 rings (SSSR count). The average Bonchev–Trinajstić information content (AvgIpc) is 2.38. The summed E-state index contributed by atoms with van der Waals surface area (Å²) in [6, 6.07) is 3.95. The zero-order valence-electron chi connectivity index (χ0n) is 11.8. The molecule has 116 valence electrons. The number of aromatic carboxylic acids is 1. The monoisotopic (exact) mass is 315 g/mol. The molecule has 0 unspecified atom stereocenters. The van der Waals surface area contributed by atoms with Crippen molar-refractivity contribution in [1.29, 1.82) is 0 Å². The normalized spacial score (nSPS) is 11.1. The molecule has 2 N–H and O–H groups in total. The minimum atomic E-state index is -3.90. The third kappa shape index (κ3) is 4.54. The molecule has 0 radical (unpaired) electrons. The van der Waals surface area contributed by atoms with Gasteiger partial charge in [0, 0.05) is 13.7 Å². The van der Waals surface area contributed by atoms with Gasteiger partial charge in [0.05, 0.1) is 17.1 Å². The summed E-state index contributed by atoms with van der Waals surface area (Å²) in [6.45, 7) is 1.89. The topological polar surface area (TPSA) is 110 Å². The number of hydrogen-bond acceptors (Lipinski definition) is 5. The van der Waals surface area contributed by atoms with Crippen LogP contribution in [0.4, 0.5) is 0 Å². The fourth-order valence-corrected chi connectivity index (χ4v) is 3.24. The van der Waals surface area contributed by atoms with E-state index >= 15 is 0 Å². The SMILES string of the molecule is COCCNC(=O)CS(=O)(=O)c1cccc(C(=O)O)c1C. The summed E-state index contributed by atoms with van der Waals surface area (Å²) in [5.41, 5.74) is 0.0190. The Morgan fingerprint density at radius 2 is 2.00 bits per heavy atom. The van der Waals surface area contributed by atoms with Crippen LogP contribution in [0, 0.1) is 6.92 Å². The molecule has 1 aromatic carbocycles. The van der Waals surface area contributed by atoms with Crippen molar-refractivity contribution in [1.82, 2.24) is 5.32 Å². The van der Waals surface area contributed by atoms with Gasteiger partial charge in [-0.05, 0) is 24.6 Å². The molecule has 0 aliphatic carbocycles. The molecule has 0 saturated carbocycles. The minimum Gasteiger partial charge on any atom is -0.478 e. The molecule has 1 amide bonds. The predicted molar refractivity (Wildman–Crippen MR) is 75.1 cm³/mol. The molecule has 0 aliphatic heterocycles. The zero-order valence-corrected chi connectivity index (χ0v) is 12.6. The largest absolute Gasteiger partial charge is 0.478 e. The highest BCUT2D eigenvalue weighted by atomic mass is 32.2. The fourth-order valence-electron chi connectivity index (χ4n) is 1.78. The molecule has 0 aliphatic rings. The van der Waals surface area contributed by atoms with E-state index in [4.69, 9.17) is 9.84 Å². The first-order chi connectivity index (χ1) is 9.79. The Morgan fingerprint density at radius 3 is 2.57 bits per heavy atom. The predicted octanol–water partition coefficient (Wildman–Crippen LogP) is 0.230. The fraction of sp³-hybridized carbons (Fsp3) is 0.385. The Labute approximate surface area is 122 Å². The van der Waals surface area contributed by atoms with Crippen LogP contribution in [0.2, 0.25) is 0 Å². The number of carboxylic acid groups (broad SMARTS) is 1. The highest BCUT2D eigenvalue weighted by Crippen LogP contribution is 2.20. The maximum absolute atomic E-state index is 12.2. The summed E-state index contributed by atoms with van der Waals surface area (Å²) in [6.07, 6.45) is 0. The van der Waals surface area contributed by atoms with Crippen LogP contribution in [0.5, 0.6) is 0 Å². The quantitative estimate of drug-likeness (QED) is 0.697. The first-order valence-corrected chi connectivity index (χ1v) is 7.76. The van der Waals surface area contributed by atoms with Crippen LogP contribution < -0.4 is 5.32 Å².